The van der Waals surface area contributed by atoms with Gasteiger partial charge in [-0.05, 0) is 25.5 Å². The highest BCUT2D eigenvalue weighted by molar-refractivity contribution is 5.82. The minimum atomic E-state index is -0.245. The molecule has 2 atom stereocenters. The number of amides is 1. The highest BCUT2D eigenvalue weighted by Gasteiger charge is 2.33. The lowest BCUT2D eigenvalue weighted by Gasteiger charge is -2.28. The van der Waals surface area contributed by atoms with Crippen LogP contribution in [0.5, 0.6) is 0 Å². The maximum atomic E-state index is 12.3. The number of hydrogen-bond acceptors (Lipinski definition) is 4. The van der Waals surface area contributed by atoms with Crippen molar-refractivity contribution >= 4 is 5.91 Å². The SMILES string of the molecule is CC1CCN(Cc2ccco2)C(CN)C(=O)N1C. The Kier molecular flexibility index (Phi) is 4.04. The zero-order chi connectivity index (χ0) is 13.1. The number of nitrogens with zero attached hydrogens (tertiary/aromatic N) is 2. The Morgan fingerprint density at radius 2 is 2.33 bits per heavy atom. The molecule has 2 rings (SSSR count). The minimum Gasteiger partial charge on any atom is -0.468 e. The number of nitrogens with two attached hydrogens (primary N) is 1. The van der Waals surface area contributed by atoms with Gasteiger partial charge in [-0.25, -0.2) is 0 Å². The van der Waals surface area contributed by atoms with Crippen molar-refractivity contribution in [1.29, 1.82) is 0 Å². The molecule has 0 aliphatic carbocycles. The zero-order valence-corrected chi connectivity index (χ0v) is 11.0. The summed E-state index contributed by atoms with van der Waals surface area (Å²) >= 11 is 0. The Morgan fingerprint density at radius 3 is 2.94 bits per heavy atom. The summed E-state index contributed by atoms with van der Waals surface area (Å²) in [5.41, 5.74) is 5.77. The molecule has 1 fully saturated rings. The summed E-state index contributed by atoms with van der Waals surface area (Å²) in [7, 11) is 1.85. The maximum Gasteiger partial charge on any atom is 0.241 e. The lowest BCUT2D eigenvalue weighted by Crippen LogP contribution is -2.49. The van der Waals surface area contributed by atoms with Crippen LogP contribution in [0.2, 0.25) is 0 Å². The van der Waals surface area contributed by atoms with E-state index in [-0.39, 0.29) is 18.0 Å². The second-order valence-corrected chi connectivity index (χ2v) is 4.89. The van der Waals surface area contributed by atoms with Crippen molar-refractivity contribution in [2.45, 2.75) is 32.0 Å². The largest absolute Gasteiger partial charge is 0.468 e. The molecule has 2 heterocycles. The Morgan fingerprint density at radius 1 is 1.56 bits per heavy atom. The molecule has 18 heavy (non-hydrogen) atoms. The third-order valence-electron chi connectivity index (χ3n) is 3.73. The molecule has 0 saturated carbocycles. The van der Waals surface area contributed by atoms with Crippen molar-refractivity contribution in [3.63, 3.8) is 0 Å². The molecule has 5 heteroatoms. The molecule has 2 unspecified atom stereocenters. The van der Waals surface area contributed by atoms with Crippen LogP contribution in [0, 0.1) is 0 Å². The molecule has 2 N–H and O–H groups in total. The van der Waals surface area contributed by atoms with Gasteiger partial charge in [-0.15, -0.1) is 0 Å². The topological polar surface area (TPSA) is 62.7 Å². The van der Waals surface area contributed by atoms with Crippen molar-refractivity contribution in [3.8, 4) is 0 Å². The molecule has 1 saturated heterocycles. The first-order valence-corrected chi connectivity index (χ1v) is 6.36. The van der Waals surface area contributed by atoms with Gasteiger partial charge in [0.05, 0.1) is 12.8 Å². The van der Waals surface area contributed by atoms with Crippen LogP contribution < -0.4 is 5.73 Å². The van der Waals surface area contributed by atoms with Crippen molar-refractivity contribution < 1.29 is 9.21 Å². The van der Waals surface area contributed by atoms with Crippen LogP contribution in [0.1, 0.15) is 19.1 Å². The van der Waals surface area contributed by atoms with Gasteiger partial charge in [-0.3, -0.25) is 9.69 Å². The molecule has 0 radical (unpaired) electrons. The fraction of sp³-hybridized carbons (Fsp3) is 0.615. The quantitative estimate of drug-likeness (QED) is 0.857. The fourth-order valence-electron chi connectivity index (χ4n) is 2.35. The first kappa shape index (κ1) is 13.1. The molecule has 0 bridgehead atoms. The number of hydrogen-bond donors (Lipinski definition) is 1. The van der Waals surface area contributed by atoms with E-state index in [4.69, 9.17) is 10.2 Å². The van der Waals surface area contributed by atoms with E-state index in [1.54, 1.807) is 11.2 Å². The van der Waals surface area contributed by atoms with E-state index in [0.29, 0.717) is 13.1 Å². The Balaban J connectivity index is 2.14. The van der Waals surface area contributed by atoms with Gasteiger partial charge >= 0.3 is 0 Å². The number of carbonyl (C=O) groups is 1. The molecule has 0 aromatic carbocycles. The molecule has 1 aromatic heterocycles. The average molecular weight is 251 g/mol. The first-order chi connectivity index (χ1) is 8.63. The second-order valence-electron chi connectivity index (χ2n) is 4.89. The van der Waals surface area contributed by atoms with Crippen LogP contribution in [0.15, 0.2) is 22.8 Å². The van der Waals surface area contributed by atoms with E-state index in [0.717, 1.165) is 18.7 Å². The third kappa shape index (κ3) is 2.57. The summed E-state index contributed by atoms with van der Waals surface area (Å²) in [6.07, 6.45) is 2.61. The molecule has 5 nitrogen and oxygen atoms in total. The summed E-state index contributed by atoms with van der Waals surface area (Å²) in [5, 5.41) is 0. The predicted molar refractivity (Wildman–Crippen MR) is 68.8 cm³/mol. The van der Waals surface area contributed by atoms with Gasteiger partial charge in [-0.1, -0.05) is 0 Å². The Labute approximate surface area is 108 Å². The van der Waals surface area contributed by atoms with Gasteiger partial charge in [0.15, 0.2) is 0 Å². The second kappa shape index (κ2) is 5.54. The van der Waals surface area contributed by atoms with E-state index < -0.39 is 0 Å². The Hall–Kier alpha value is -1.33. The molecule has 1 aromatic rings. The average Bonchev–Trinajstić information content (AvgIpc) is 2.84. The van der Waals surface area contributed by atoms with Gasteiger partial charge in [0.1, 0.15) is 11.8 Å². The molecule has 0 spiro atoms. The van der Waals surface area contributed by atoms with Crippen LogP contribution in [0.4, 0.5) is 0 Å². The summed E-state index contributed by atoms with van der Waals surface area (Å²) in [4.78, 5) is 16.2. The smallest absolute Gasteiger partial charge is 0.241 e. The van der Waals surface area contributed by atoms with E-state index >= 15 is 0 Å². The van der Waals surface area contributed by atoms with Crippen molar-refractivity contribution in [2.24, 2.45) is 5.73 Å². The van der Waals surface area contributed by atoms with Crippen molar-refractivity contribution in [3.05, 3.63) is 24.2 Å². The Bertz CT molecular complexity index is 391. The summed E-state index contributed by atoms with van der Waals surface area (Å²) in [6.45, 7) is 3.92. The fourth-order valence-corrected chi connectivity index (χ4v) is 2.35. The molecule has 1 aliphatic heterocycles. The normalized spacial score (nSPS) is 26.4. The third-order valence-corrected chi connectivity index (χ3v) is 3.73. The van der Waals surface area contributed by atoms with E-state index in [9.17, 15) is 4.79 Å². The van der Waals surface area contributed by atoms with Crippen LogP contribution >= 0.6 is 0 Å². The zero-order valence-electron chi connectivity index (χ0n) is 11.0. The lowest BCUT2D eigenvalue weighted by molar-refractivity contribution is -0.135. The van der Waals surface area contributed by atoms with Crippen molar-refractivity contribution in [2.75, 3.05) is 20.1 Å². The van der Waals surface area contributed by atoms with Gasteiger partial charge in [0.25, 0.3) is 0 Å². The molecular weight excluding hydrogens is 230 g/mol. The first-order valence-electron chi connectivity index (χ1n) is 6.36. The highest BCUT2D eigenvalue weighted by atomic mass is 16.3. The van der Waals surface area contributed by atoms with Gasteiger partial charge in [-0.2, -0.15) is 0 Å². The summed E-state index contributed by atoms with van der Waals surface area (Å²) in [5.74, 6) is 0.979. The summed E-state index contributed by atoms with van der Waals surface area (Å²) in [6, 6.07) is 3.80. The van der Waals surface area contributed by atoms with Crippen LogP contribution in [0.3, 0.4) is 0 Å². The molecular formula is C13H21N3O2. The summed E-state index contributed by atoms with van der Waals surface area (Å²) < 4.78 is 5.35. The van der Waals surface area contributed by atoms with E-state index in [1.807, 2.05) is 19.2 Å². The number of rotatable bonds is 3. The lowest BCUT2D eigenvalue weighted by atomic mass is 10.2. The van der Waals surface area contributed by atoms with Gasteiger partial charge < -0.3 is 15.1 Å². The number of furan rings is 1. The number of likely N-dealkylation sites (N-methyl/N-ethyl adjacent to an activating group) is 1. The predicted octanol–water partition coefficient (Wildman–Crippen LogP) is 0.660. The van der Waals surface area contributed by atoms with E-state index in [2.05, 4.69) is 11.8 Å². The van der Waals surface area contributed by atoms with Crippen LogP contribution in [0.25, 0.3) is 0 Å². The highest BCUT2D eigenvalue weighted by Crippen LogP contribution is 2.17. The van der Waals surface area contributed by atoms with Crippen LogP contribution in [-0.2, 0) is 11.3 Å². The van der Waals surface area contributed by atoms with Gasteiger partial charge in [0, 0.05) is 26.2 Å². The maximum absolute atomic E-state index is 12.3. The van der Waals surface area contributed by atoms with Crippen molar-refractivity contribution in [1.82, 2.24) is 9.80 Å². The molecule has 100 valence electrons. The van der Waals surface area contributed by atoms with Gasteiger partial charge in [0.2, 0.25) is 5.91 Å². The van der Waals surface area contributed by atoms with E-state index in [1.165, 1.54) is 0 Å². The minimum absolute atomic E-state index is 0.106. The number of carbonyl (C=O) groups excluding carboxylic acids is 1. The monoisotopic (exact) mass is 251 g/mol. The molecule has 1 amide bonds. The molecule has 1 aliphatic rings. The standard InChI is InChI=1S/C13H21N3O2/c1-10-5-6-16(9-11-4-3-7-18-11)12(8-14)13(17)15(10)2/h3-4,7,10,12H,5-6,8-9,14H2,1-2H3. The van der Waals surface area contributed by atoms with Crippen LogP contribution in [-0.4, -0.2) is 47.9 Å².